The summed E-state index contributed by atoms with van der Waals surface area (Å²) in [5, 5.41) is 3.36. The van der Waals surface area contributed by atoms with Gasteiger partial charge in [0.05, 0.1) is 24.2 Å². The quantitative estimate of drug-likeness (QED) is 0.482. The average Bonchev–Trinajstić information content (AvgIpc) is 3.16. The van der Waals surface area contributed by atoms with Gasteiger partial charge in [-0.3, -0.25) is 9.36 Å². The number of carbonyl (C=O) groups is 1. The maximum Gasteiger partial charge on any atom is 0.209 e. The van der Waals surface area contributed by atoms with Crippen molar-refractivity contribution in [3.63, 3.8) is 0 Å². The number of allylic oxidation sites excluding steroid dienone is 2. The number of carbonyl (C=O) groups excluding carboxylic acids is 1. The largest absolute Gasteiger partial charge is 0.497 e. The number of nitrogens with zero attached hydrogens (tertiary/aromatic N) is 2. The molecule has 148 valence electrons. The number of ether oxygens (including phenoxy) is 1. The van der Waals surface area contributed by atoms with Crippen molar-refractivity contribution in [2.24, 2.45) is 0 Å². The molecule has 30 heavy (non-hydrogen) atoms. The number of aromatic nitrogens is 2. The van der Waals surface area contributed by atoms with Crippen molar-refractivity contribution < 1.29 is 9.53 Å². The summed E-state index contributed by atoms with van der Waals surface area (Å²) in [6, 6.07) is 25.0. The number of anilines is 1. The molecule has 0 bridgehead atoms. The van der Waals surface area contributed by atoms with E-state index < -0.39 is 0 Å². The molecule has 1 aromatic heterocycles. The second-order valence-corrected chi connectivity index (χ2v) is 7.33. The molecule has 3 aromatic carbocycles. The first-order valence-corrected chi connectivity index (χ1v) is 9.86. The highest BCUT2D eigenvalue weighted by molar-refractivity contribution is 6.11. The maximum absolute atomic E-state index is 13.6. The molecule has 5 nitrogen and oxygen atoms in total. The lowest BCUT2D eigenvalue weighted by atomic mass is 9.89. The fourth-order valence-corrected chi connectivity index (χ4v) is 4.10. The lowest BCUT2D eigenvalue weighted by molar-refractivity contribution is 0.102. The minimum atomic E-state index is -0.299. The Morgan fingerprint density at radius 2 is 1.67 bits per heavy atom. The number of benzene rings is 3. The van der Waals surface area contributed by atoms with Crippen molar-refractivity contribution >= 4 is 22.8 Å². The number of Topliss-reactive ketones (excluding diaryl/α,β-unsaturated/α-hetero) is 1. The topological polar surface area (TPSA) is 56.1 Å². The monoisotopic (exact) mass is 395 g/mol. The van der Waals surface area contributed by atoms with E-state index in [1.807, 2.05) is 85.8 Å². The van der Waals surface area contributed by atoms with E-state index >= 15 is 0 Å². The third kappa shape index (κ3) is 2.87. The molecule has 0 aliphatic carbocycles. The number of ketones is 1. The maximum atomic E-state index is 13.6. The van der Waals surface area contributed by atoms with Gasteiger partial charge in [0, 0.05) is 16.8 Å². The van der Waals surface area contributed by atoms with Crippen LogP contribution in [0.4, 0.5) is 5.95 Å². The van der Waals surface area contributed by atoms with Crippen LogP contribution in [-0.4, -0.2) is 22.4 Å². The van der Waals surface area contributed by atoms with E-state index in [1.54, 1.807) is 7.11 Å². The van der Waals surface area contributed by atoms with E-state index in [1.165, 1.54) is 0 Å². The number of hydrogen-bond donors (Lipinski definition) is 1. The van der Waals surface area contributed by atoms with Crippen LogP contribution in [-0.2, 0) is 0 Å². The van der Waals surface area contributed by atoms with Gasteiger partial charge in [-0.1, -0.05) is 54.6 Å². The summed E-state index contributed by atoms with van der Waals surface area (Å²) in [6.45, 7) is 1.94. The molecule has 0 radical (unpaired) electrons. The highest BCUT2D eigenvalue weighted by Crippen LogP contribution is 2.40. The Bertz CT molecular complexity index is 1270. The zero-order valence-electron chi connectivity index (χ0n) is 16.8. The average molecular weight is 395 g/mol. The van der Waals surface area contributed by atoms with Gasteiger partial charge in [0.2, 0.25) is 5.95 Å². The van der Waals surface area contributed by atoms with Crippen LogP contribution in [0, 0.1) is 0 Å². The summed E-state index contributed by atoms with van der Waals surface area (Å²) >= 11 is 0. The second-order valence-electron chi connectivity index (χ2n) is 7.33. The highest BCUT2D eigenvalue weighted by Gasteiger charge is 2.34. The number of nitrogens with one attached hydrogen (secondary N) is 1. The highest BCUT2D eigenvalue weighted by atomic mass is 16.5. The van der Waals surface area contributed by atoms with Gasteiger partial charge < -0.3 is 10.1 Å². The van der Waals surface area contributed by atoms with Crippen molar-refractivity contribution in [3.8, 4) is 5.75 Å². The minimum Gasteiger partial charge on any atom is -0.497 e. The van der Waals surface area contributed by atoms with Crippen molar-refractivity contribution in [1.82, 2.24) is 9.55 Å². The van der Waals surface area contributed by atoms with Gasteiger partial charge in [-0.25, -0.2) is 4.98 Å². The first kappa shape index (κ1) is 18.2. The fraction of sp³-hybridized carbons (Fsp3) is 0.120. The predicted octanol–water partition coefficient (Wildman–Crippen LogP) is 5.22. The van der Waals surface area contributed by atoms with E-state index in [-0.39, 0.29) is 11.8 Å². The number of para-hydroxylation sites is 2. The van der Waals surface area contributed by atoms with Gasteiger partial charge in [-0.2, -0.15) is 0 Å². The van der Waals surface area contributed by atoms with E-state index in [9.17, 15) is 4.79 Å². The summed E-state index contributed by atoms with van der Waals surface area (Å²) in [5.74, 6) is 1.52. The lowest BCUT2D eigenvalue weighted by Gasteiger charge is -2.31. The summed E-state index contributed by atoms with van der Waals surface area (Å²) in [6.07, 6.45) is 0. The van der Waals surface area contributed by atoms with Crippen LogP contribution >= 0.6 is 0 Å². The molecule has 0 fully saturated rings. The third-order valence-corrected chi connectivity index (χ3v) is 5.54. The smallest absolute Gasteiger partial charge is 0.209 e. The Morgan fingerprint density at radius 1 is 0.967 bits per heavy atom. The zero-order chi connectivity index (χ0) is 20.7. The molecule has 5 rings (SSSR count). The first-order chi connectivity index (χ1) is 14.7. The third-order valence-electron chi connectivity index (χ3n) is 5.54. The normalized spacial score (nSPS) is 15.6. The molecule has 1 aliphatic rings. The number of imidazole rings is 1. The Labute approximate surface area is 174 Å². The van der Waals surface area contributed by atoms with Gasteiger partial charge in [-0.05, 0) is 36.8 Å². The van der Waals surface area contributed by atoms with Crippen molar-refractivity contribution in [2.45, 2.75) is 13.0 Å². The van der Waals surface area contributed by atoms with Crippen LogP contribution in [0.15, 0.2) is 90.1 Å². The van der Waals surface area contributed by atoms with E-state index in [0.717, 1.165) is 34.0 Å². The molecule has 0 amide bonds. The molecule has 1 aliphatic heterocycles. The molecule has 1 N–H and O–H groups in total. The molecule has 1 unspecified atom stereocenters. The standard InChI is InChI=1S/C25H21N3O2/c1-16-22(24(29)18-8-4-3-5-9-18)23(17-12-14-19(30-2)15-13-17)28-21-11-7-6-10-20(21)27-25(28)26-16/h3-15,23H,1-2H3,(H,26,27). The van der Waals surface area contributed by atoms with Gasteiger partial charge in [0.15, 0.2) is 5.78 Å². The number of hydrogen-bond acceptors (Lipinski definition) is 4. The second kappa shape index (κ2) is 7.19. The zero-order valence-corrected chi connectivity index (χ0v) is 16.8. The predicted molar refractivity (Wildman–Crippen MR) is 118 cm³/mol. The molecule has 2 heterocycles. The first-order valence-electron chi connectivity index (χ1n) is 9.86. The minimum absolute atomic E-state index is 0.00449. The molecule has 0 saturated carbocycles. The Hall–Kier alpha value is -3.86. The van der Waals surface area contributed by atoms with E-state index in [0.29, 0.717) is 11.1 Å². The van der Waals surface area contributed by atoms with Crippen LogP contribution < -0.4 is 10.1 Å². The van der Waals surface area contributed by atoms with E-state index in [4.69, 9.17) is 9.72 Å². The van der Waals surface area contributed by atoms with Gasteiger partial charge in [0.1, 0.15) is 5.75 Å². The van der Waals surface area contributed by atoms with Crippen molar-refractivity contribution in [3.05, 3.63) is 101 Å². The molecular formula is C25H21N3O2. The van der Waals surface area contributed by atoms with Crippen LogP contribution in [0.1, 0.15) is 28.9 Å². The number of fused-ring (bicyclic) bond motifs is 3. The summed E-state index contributed by atoms with van der Waals surface area (Å²) in [5.41, 5.74) is 5.06. The summed E-state index contributed by atoms with van der Waals surface area (Å²) < 4.78 is 7.45. The summed E-state index contributed by atoms with van der Waals surface area (Å²) in [4.78, 5) is 18.4. The van der Waals surface area contributed by atoms with Crippen LogP contribution in [0.2, 0.25) is 0 Å². The molecule has 5 heteroatoms. The number of methoxy groups -OCH3 is 1. The Kier molecular flexibility index (Phi) is 4.36. The summed E-state index contributed by atoms with van der Waals surface area (Å²) in [7, 11) is 1.65. The molecule has 0 saturated heterocycles. The Morgan fingerprint density at radius 3 is 2.40 bits per heavy atom. The molecule has 4 aromatic rings. The molecule has 0 spiro atoms. The van der Waals surface area contributed by atoms with Gasteiger partial charge in [-0.15, -0.1) is 0 Å². The fourth-order valence-electron chi connectivity index (χ4n) is 4.10. The van der Waals surface area contributed by atoms with Gasteiger partial charge in [0.25, 0.3) is 0 Å². The van der Waals surface area contributed by atoms with Crippen molar-refractivity contribution in [1.29, 1.82) is 0 Å². The molecular weight excluding hydrogens is 374 g/mol. The number of rotatable bonds is 4. The van der Waals surface area contributed by atoms with Crippen LogP contribution in [0.5, 0.6) is 5.75 Å². The van der Waals surface area contributed by atoms with Crippen LogP contribution in [0.25, 0.3) is 11.0 Å². The van der Waals surface area contributed by atoms with Crippen molar-refractivity contribution in [2.75, 3.05) is 12.4 Å². The lowest BCUT2D eigenvalue weighted by Crippen LogP contribution is -2.28. The SMILES string of the molecule is COc1ccc(C2C(C(=O)c3ccccc3)=C(C)Nc3nc4ccccc4n32)cc1. The Balaban J connectivity index is 1.74. The van der Waals surface area contributed by atoms with E-state index in [2.05, 4.69) is 9.88 Å². The van der Waals surface area contributed by atoms with Gasteiger partial charge >= 0.3 is 0 Å². The van der Waals surface area contributed by atoms with Crippen LogP contribution in [0.3, 0.4) is 0 Å². The molecule has 1 atom stereocenters.